The molecule has 2 aromatic rings. The Balaban J connectivity index is 2.01. The van der Waals surface area contributed by atoms with Crippen molar-refractivity contribution in [3.63, 3.8) is 0 Å². The number of benzene rings is 2. The average Bonchev–Trinajstić information content (AvgIpc) is 2.89. The molecular weight excluding hydrogens is 292 g/mol. The van der Waals surface area contributed by atoms with Crippen LogP contribution in [0, 0.1) is 0 Å². The van der Waals surface area contributed by atoms with Crippen LogP contribution >= 0.6 is 11.6 Å². The smallest absolute Gasteiger partial charge is 0.358 e. The summed E-state index contributed by atoms with van der Waals surface area (Å²) >= 11 is 6.09. The number of alkyl halides is 1. The maximum Gasteiger partial charge on any atom is 0.358 e. The molecular formula is C14H13ClN4O2. The number of nitrogens with one attached hydrogen (secondary N) is 2. The Morgan fingerprint density at radius 2 is 1.29 bits per heavy atom. The van der Waals surface area contributed by atoms with E-state index in [1.165, 1.54) is 0 Å². The van der Waals surface area contributed by atoms with Crippen molar-refractivity contribution < 1.29 is 9.90 Å². The summed E-state index contributed by atoms with van der Waals surface area (Å²) in [5.41, 5.74) is 6.99. The summed E-state index contributed by atoms with van der Waals surface area (Å²) in [5, 5.41) is 10.6. The van der Waals surface area contributed by atoms with Crippen molar-refractivity contribution in [1.29, 1.82) is 0 Å². The first kappa shape index (κ1) is 13.7. The van der Waals surface area contributed by atoms with Crippen molar-refractivity contribution in [3.05, 3.63) is 60.7 Å². The molecule has 2 aromatic carbocycles. The largest absolute Gasteiger partial charge is 0.478 e. The Bertz CT molecular complexity index is 590. The maximum absolute atomic E-state index is 11.4. The van der Waals surface area contributed by atoms with Gasteiger partial charge >= 0.3 is 5.97 Å². The minimum atomic E-state index is -1.81. The number of para-hydroxylation sites is 2. The van der Waals surface area contributed by atoms with Crippen LogP contribution in [0.3, 0.4) is 0 Å². The number of carboxylic acids is 1. The number of hydrogen-bond donors (Lipinski definition) is 3. The van der Waals surface area contributed by atoms with Crippen molar-refractivity contribution in [3.8, 4) is 0 Å². The molecule has 0 radical (unpaired) electrons. The van der Waals surface area contributed by atoms with E-state index >= 15 is 0 Å². The Morgan fingerprint density at radius 1 is 0.905 bits per heavy atom. The molecule has 1 heterocycles. The third-order valence-corrected chi connectivity index (χ3v) is 3.35. The topological polar surface area (TPSA) is 67.8 Å². The van der Waals surface area contributed by atoms with E-state index in [1.807, 2.05) is 60.7 Å². The predicted molar refractivity (Wildman–Crippen MR) is 80.3 cm³/mol. The van der Waals surface area contributed by atoms with Gasteiger partial charge in [0, 0.05) is 0 Å². The van der Waals surface area contributed by atoms with Gasteiger partial charge in [-0.15, -0.1) is 0 Å². The van der Waals surface area contributed by atoms with Gasteiger partial charge in [0.1, 0.15) is 0 Å². The lowest BCUT2D eigenvalue weighted by atomic mass is 10.3. The molecule has 0 saturated carbocycles. The monoisotopic (exact) mass is 304 g/mol. The summed E-state index contributed by atoms with van der Waals surface area (Å²) in [6.07, 6.45) is 0. The van der Waals surface area contributed by atoms with Gasteiger partial charge < -0.3 is 5.11 Å². The lowest BCUT2D eigenvalue weighted by Crippen LogP contribution is -2.53. The summed E-state index contributed by atoms with van der Waals surface area (Å²) in [7, 11) is 0. The molecule has 0 aliphatic carbocycles. The van der Waals surface area contributed by atoms with Crippen LogP contribution in [0.4, 0.5) is 11.4 Å². The lowest BCUT2D eigenvalue weighted by Gasteiger charge is -2.28. The lowest BCUT2D eigenvalue weighted by molar-refractivity contribution is -0.141. The molecule has 3 N–H and O–H groups in total. The highest BCUT2D eigenvalue weighted by Crippen LogP contribution is 2.27. The van der Waals surface area contributed by atoms with Gasteiger partial charge in [0.15, 0.2) is 0 Å². The molecule has 1 aliphatic heterocycles. The molecule has 0 atom stereocenters. The van der Waals surface area contributed by atoms with Crippen LogP contribution in [-0.2, 0) is 4.79 Å². The number of carbonyl (C=O) groups is 1. The molecule has 6 nitrogen and oxygen atoms in total. The van der Waals surface area contributed by atoms with Gasteiger partial charge in [0.2, 0.25) is 0 Å². The fourth-order valence-electron chi connectivity index (χ4n) is 2.01. The van der Waals surface area contributed by atoms with E-state index in [4.69, 9.17) is 11.6 Å². The molecule has 7 heteroatoms. The van der Waals surface area contributed by atoms with Crippen molar-refractivity contribution in [1.82, 2.24) is 10.9 Å². The van der Waals surface area contributed by atoms with Crippen LogP contribution in [0.15, 0.2) is 60.7 Å². The second kappa shape index (κ2) is 5.25. The highest BCUT2D eigenvalue weighted by atomic mass is 35.5. The molecule has 0 aromatic heterocycles. The first-order valence-electron chi connectivity index (χ1n) is 6.28. The van der Waals surface area contributed by atoms with Crippen LogP contribution < -0.4 is 21.1 Å². The fourth-order valence-corrected chi connectivity index (χ4v) is 2.17. The Kier molecular flexibility index (Phi) is 3.42. The highest BCUT2D eigenvalue weighted by Gasteiger charge is 2.47. The van der Waals surface area contributed by atoms with Crippen LogP contribution in [0.25, 0.3) is 0 Å². The van der Waals surface area contributed by atoms with Crippen molar-refractivity contribution in [2.24, 2.45) is 0 Å². The molecule has 21 heavy (non-hydrogen) atoms. The van der Waals surface area contributed by atoms with Crippen LogP contribution in [-0.4, -0.2) is 16.2 Å². The van der Waals surface area contributed by atoms with Gasteiger partial charge in [-0.2, -0.15) is 21.1 Å². The second-order valence-corrected chi connectivity index (χ2v) is 5.05. The molecule has 3 rings (SSSR count). The maximum atomic E-state index is 11.4. The van der Waals surface area contributed by atoms with Gasteiger partial charge in [-0.25, -0.2) is 4.79 Å². The minimum Gasteiger partial charge on any atom is -0.478 e. The SMILES string of the molecule is O=C(O)C1(Cl)NN(c2ccccc2)N(c2ccccc2)N1. The zero-order valence-electron chi connectivity index (χ0n) is 10.9. The van der Waals surface area contributed by atoms with E-state index in [0.29, 0.717) is 0 Å². The second-order valence-electron chi connectivity index (χ2n) is 4.48. The summed E-state index contributed by atoms with van der Waals surface area (Å²) in [4.78, 5) is 11.4. The Hall–Kier alpha value is -2.28. The minimum absolute atomic E-state index is 0.748. The molecule has 0 amide bonds. The number of anilines is 2. The Morgan fingerprint density at radius 3 is 1.62 bits per heavy atom. The highest BCUT2D eigenvalue weighted by molar-refractivity contribution is 6.33. The van der Waals surface area contributed by atoms with Gasteiger partial charge in [0.05, 0.1) is 11.4 Å². The zero-order chi connectivity index (χ0) is 14.9. The van der Waals surface area contributed by atoms with E-state index < -0.39 is 11.1 Å². The van der Waals surface area contributed by atoms with Crippen molar-refractivity contribution in [2.75, 3.05) is 10.2 Å². The number of aliphatic carboxylic acids is 1. The fraction of sp³-hybridized carbons (Fsp3) is 0.0714. The molecule has 1 aliphatic rings. The van der Waals surface area contributed by atoms with Crippen molar-refractivity contribution in [2.45, 2.75) is 5.12 Å². The molecule has 1 fully saturated rings. The van der Waals surface area contributed by atoms with Gasteiger partial charge in [0.25, 0.3) is 5.12 Å². The quantitative estimate of drug-likeness (QED) is 0.594. The normalized spacial score (nSPS) is 17.0. The van der Waals surface area contributed by atoms with Crippen molar-refractivity contribution >= 4 is 28.9 Å². The van der Waals surface area contributed by atoms with Gasteiger partial charge in [-0.3, -0.25) is 0 Å². The number of halogens is 1. The number of rotatable bonds is 3. The Labute approximate surface area is 126 Å². The third kappa shape index (κ3) is 2.52. The number of carboxylic acid groups (broad SMARTS) is 1. The van der Waals surface area contributed by atoms with Gasteiger partial charge in [-0.1, -0.05) is 48.0 Å². The molecule has 0 spiro atoms. The molecule has 1 saturated heterocycles. The van der Waals surface area contributed by atoms with Crippen LogP contribution in [0.5, 0.6) is 0 Å². The van der Waals surface area contributed by atoms with E-state index in [1.54, 1.807) is 10.2 Å². The third-order valence-electron chi connectivity index (χ3n) is 3.02. The average molecular weight is 305 g/mol. The van der Waals surface area contributed by atoms with E-state index in [-0.39, 0.29) is 0 Å². The van der Waals surface area contributed by atoms with E-state index in [9.17, 15) is 9.90 Å². The van der Waals surface area contributed by atoms with Gasteiger partial charge in [-0.05, 0) is 24.3 Å². The molecule has 0 unspecified atom stereocenters. The number of hydrazine groups is 3. The molecule has 108 valence electrons. The standard InChI is InChI=1S/C14H13ClN4O2/c15-14(13(20)21)16-18(11-7-3-1-4-8-11)19(17-14)12-9-5-2-6-10-12/h1-10,16-17H,(H,20,21). The number of hydrogen-bond acceptors (Lipinski definition) is 5. The van der Waals surface area contributed by atoms with E-state index in [0.717, 1.165) is 11.4 Å². The summed E-state index contributed by atoms with van der Waals surface area (Å²) < 4.78 is 0. The van der Waals surface area contributed by atoms with Crippen LogP contribution in [0.1, 0.15) is 0 Å². The summed E-state index contributed by atoms with van der Waals surface area (Å²) in [6, 6.07) is 18.6. The number of nitrogens with zero attached hydrogens (tertiary/aromatic N) is 2. The van der Waals surface area contributed by atoms with Crippen LogP contribution in [0.2, 0.25) is 0 Å². The first-order valence-corrected chi connectivity index (χ1v) is 6.66. The predicted octanol–water partition coefficient (Wildman–Crippen LogP) is 1.91. The first-order chi connectivity index (χ1) is 10.1. The molecule has 0 bridgehead atoms. The summed E-state index contributed by atoms with van der Waals surface area (Å²) in [6.45, 7) is 0. The summed E-state index contributed by atoms with van der Waals surface area (Å²) in [5.74, 6) is -1.22. The van der Waals surface area contributed by atoms with E-state index in [2.05, 4.69) is 10.9 Å². The zero-order valence-corrected chi connectivity index (χ0v) is 11.7.